The van der Waals surface area contributed by atoms with Gasteiger partial charge in [0.1, 0.15) is 0 Å². The van der Waals surface area contributed by atoms with Crippen molar-refractivity contribution in [2.75, 3.05) is 45.7 Å². The van der Waals surface area contributed by atoms with Crippen LogP contribution in [0.15, 0.2) is 0 Å². The SMILES string of the molecule is CSCCC(CN)N1CCC(N(C)C)CC1. The fraction of sp³-hybridized carbons (Fsp3) is 1.00. The van der Waals surface area contributed by atoms with Crippen molar-refractivity contribution < 1.29 is 0 Å². The molecule has 3 nitrogen and oxygen atoms in total. The van der Waals surface area contributed by atoms with Crippen LogP contribution in [0.5, 0.6) is 0 Å². The molecule has 0 saturated carbocycles. The first-order valence-corrected chi connectivity index (χ1v) is 7.68. The Hall–Kier alpha value is 0.230. The maximum Gasteiger partial charge on any atom is 0.0226 e. The average molecular weight is 245 g/mol. The summed E-state index contributed by atoms with van der Waals surface area (Å²) in [6.07, 6.45) is 6.00. The highest BCUT2D eigenvalue weighted by atomic mass is 32.2. The summed E-state index contributed by atoms with van der Waals surface area (Å²) in [6, 6.07) is 1.38. The van der Waals surface area contributed by atoms with Crippen LogP contribution in [0.4, 0.5) is 0 Å². The molecule has 0 aromatic heterocycles. The molecule has 1 atom stereocenters. The van der Waals surface area contributed by atoms with Gasteiger partial charge in [-0.15, -0.1) is 0 Å². The highest BCUT2D eigenvalue weighted by Gasteiger charge is 2.24. The Bertz CT molecular complexity index is 179. The summed E-state index contributed by atoms with van der Waals surface area (Å²) < 4.78 is 0. The van der Waals surface area contributed by atoms with Gasteiger partial charge in [-0.05, 0) is 58.5 Å². The third kappa shape index (κ3) is 4.24. The molecule has 0 bridgehead atoms. The van der Waals surface area contributed by atoms with Crippen LogP contribution in [0.25, 0.3) is 0 Å². The van der Waals surface area contributed by atoms with Crippen LogP contribution in [-0.4, -0.2) is 67.6 Å². The molecule has 1 fully saturated rings. The lowest BCUT2D eigenvalue weighted by molar-refractivity contribution is 0.109. The minimum Gasteiger partial charge on any atom is -0.329 e. The summed E-state index contributed by atoms with van der Waals surface area (Å²) in [4.78, 5) is 4.95. The van der Waals surface area contributed by atoms with E-state index in [1.165, 1.54) is 38.1 Å². The van der Waals surface area contributed by atoms with Crippen molar-refractivity contribution in [1.82, 2.24) is 9.80 Å². The second-order valence-electron chi connectivity index (χ2n) is 4.90. The van der Waals surface area contributed by atoms with Gasteiger partial charge in [0.05, 0.1) is 0 Å². The molecule has 0 aromatic rings. The lowest BCUT2D eigenvalue weighted by atomic mass is 10.0. The third-order valence-corrected chi connectivity index (χ3v) is 4.32. The molecule has 0 amide bonds. The Morgan fingerprint density at radius 2 is 2.00 bits per heavy atom. The van der Waals surface area contributed by atoms with Gasteiger partial charge in [0, 0.05) is 18.6 Å². The number of nitrogens with two attached hydrogens (primary N) is 1. The molecule has 0 spiro atoms. The van der Waals surface area contributed by atoms with Crippen LogP contribution in [0, 0.1) is 0 Å². The number of piperidine rings is 1. The van der Waals surface area contributed by atoms with Crippen LogP contribution >= 0.6 is 11.8 Å². The molecule has 1 aliphatic rings. The van der Waals surface area contributed by atoms with E-state index in [-0.39, 0.29) is 0 Å². The van der Waals surface area contributed by atoms with Gasteiger partial charge < -0.3 is 10.6 Å². The van der Waals surface area contributed by atoms with Crippen LogP contribution in [0.3, 0.4) is 0 Å². The molecule has 16 heavy (non-hydrogen) atoms. The van der Waals surface area contributed by atoms with Gasteiger partial charge in [-0.25, -0.2) is 0 Å². The first kappa shape index (κ1) is 14.3. The molecule has 96 valence electrons. The standard InChI is InChI=1S/C12H27N3S/c1-14(2)11-4-7-15(8-5-11)12(10-13)6-9-16-3/h11-12H,4-10,13H2,1-3H3. The number of hydrogen-bond donors (Lipinski definition) is 1. The van der Waals surface area contributed by atoms with Gasteiger partial charge in [0.25, 0.3) is 0 Å². The molecule has 0 radical (unpaired) electrons. The second kappa shape index (κ2) is 7.54. The number of likely N-dealkylation sites (tertiary alicyclic amines) is 1. The first-order valence-electron chi connectivity index (χ1n) is 6.28. The van der Waals surface area contributed by atoms with Crippen molar-refractivity contribution >= 4 is 11.8 Å². The van der Waals surface area contributed by atoms with E-state index in [2.05, 4.69) is 30.2 Å². The van der Waals surface area contributed by atoms with Crippen molar-refractivity contribution in [2.45, 2.75) is 31.3 Å². The molecule has 2 N–H and O–H groups in total. The van der Waals surface area contributed by atoms with Crippen LogP contribution in [0.2, 0.25) is 0 Å². The van der Waals surface area contributed by atoms with Crippen molar-refractivity contribution in [3.63, 3.8) is 0 Å². The molecule has 1 heterocycles. The molecule has 1 saturated heterocycles. The summed E-state index contributed by atoms with van der Waals surface area (Å²) in [5.41, 5.74) is 5.88. The van der Waals surface area contributed by atoms with Crippen molar-refractivity contribution in [1.29, 1.82) is 0 Å². The van der Waals surface area contributed by atoms with Crippen molar-refractivity contribution in [3.8, 4) is 0 Å². The van der Waals surface area contributed by atoms with Gasteiger partial charge >= 0.3 is 0 Å². The smallest absolute Gasteiger partial charge is 0.0226 e. The van der Waals surface area contributed by atoms with Gasteiger partial charge in [-0.1, -0.05) is 0 Å². The van der Waals surface area contributed by atoms with Gasteiger partial charge in [0.15, 0.2) is 0 Å². The van der Waals surface area contributed by atoms with E-state index < -0.39 is 0 Å². The Balaban J connectivity index is 2.32. The van der Waals surface area contributed by atoms with Gasteiger partial charge in [0.2, 0.25) is 0 Å². The largest absolute Gasteiger partial charge is 0.329 e. The lowest BCUT2D eigenvalue weighted by Crippen LogP contribution is -2.48. The summed E-state index contributed by atoms with van der Waals surface area (Å²) in [7, 11) is 4.38. The van der Waals surface area contributed by atoms with Crippen LogP contribution in [0.1, 0.15) is 19.3 Å². The molecular weight excluding hydrogens is 218 g/mol. The molecule has 0 aromatic carbocycles. The topological polar surface area (TPSA) is 32.5 Å². The summed E-state index contributed by atoms with van der Waals surface area (Å²) in [5, 5.41) is 0. The maximum absolute atomic E-state index is 5.88. The Morgan fingerprint density at radius 3 is 2.44 bits per heavy atom. The molecule has 1 unspecified atom stereocenters. The number of rotatable bonds is 6. The fourth-order valence-corrected chi connectivity index (χ4v) is 2.98. The first-order chi connectivity index (χ1) is 7.69. The molecule has 1 rings (SSSR count). The Labute approximate surface area is 105 Å². The van der Waals surface area contributed by atoms with E-state index in [4.69, 9.17) is 5.73 Å². The number of thioether (sulfide) groups is 1. The van der Waals surface area contributed by atoms with E-state index in [0.29, 0.717) is 6.04 Å². The molecular formula is C12H27N3S. The van der Waals surface area contributed by atoms with E-state index in [0.717, 1.165) is 12.6 Å². The Kier molecular flexibility index (Phi) is 6.73. The molecule has 1 aliphatic heterocycles. The van der Waals surface area contributed by atoms with Gasteiger partial charge in [-0.2, -0.15) is 11.8 Å². The van der Waals surface area contributed by atoms with E-state index >= 15 is 0 Å². The third-order valence-electron chi connectivity index (χ3n) is 3.67. The Morgan fingerprint density at radius 1 is 1.38 bits per heavy atom. The average Bonchev–Trinajstić information content (AvgIpc) is 2.30. The highest BCUT2D eigenvalue weighted by molar-refractivity contribution is 7.98. The zero-order valence-electron chi connectivity index (χ0n) is 11.0. The molecule has 0 aliphatic carbocycles. The zero-order chi connectivity index (χ0) is 12.0. The zero-order valence-corrected chi connectivity index (χ0v) is 11.8. The summed E-state index contributed by atoms with van der Waals surface area (Å²) in [5.74, 6) is 1.23. The number of nitrogens with zero attached hydrogens (tertiary/aromatic N) is 2. The minimum absolute atomic E-state index is 0.607. The van der Waals surface area contributed by atoms with Crippen LogP contribution < -0.4 is 5.73 Å². The summed E-state index contributed by atoms with van der Waals surface area (Å²) in [6.45, 7) is 3.26. The highest BCUT2D eigenvalue weighted by Crippen LogP contribution is 2.18. The normalized spacial score (nSPS) is 21.6. The van der Waals surface area contributed by atoms with Gasteiger partial charge in [-0.3, -0.25) is 4.90 Å². The minimum atomic E-state index is 0.607. The predicted molar refractivity (Wildman–Crippen MR) is 74.1 cm³/mol. The number of hydrogen-bond acceptors (Lipinski definition) is 4. The predicted octanol–water partition coefficient (Wildman–Crippen LogP) is 1.09. The quantitative estimate of drug-likeness (QED) is 0.759. The van der Waals surface area contributed by atoms with E-state index in [1.807, 2.05) is 11.8 Å². The fourth-order valence-electron chi connectivity index (χ4n) is 2.47. The maximum atomic E-state index is 5.88. The van der Waals surface area contributed by atoms with Crippen molar-refractivity contribution in [3.05, 3.63) is 0 Å². The monoisotopic (exact) mass is 245 g/mol. The van der Waals surface area contributed by atoms with Crippen LogP contribution in [-0.2, 0) is 0 Å². The summed E-state index contributed by atoms with van der Waals surface area (Å²) >= 11 is 1.92. The van der Waals surface area contributed by atoms with Crippen molar-refractivity contribution in [2.24, 2.45) is 5.73 Å². The molecule has 4 heteroatoms. The van der Waals surface area contributed by atoms with E-state index in [1.54, 1.807) is 0 Å². The second-order valence-corrected chi connectivity index (χ2v) is 5.89. The van der Waals surface area contributed by atoms with E-state index in [9.17, 15) is 0 Å². The lowest BCUT2D eigenvalue weighted by Gasteiger charge is -2.39.